The molecule has 2 heteroatoms. The van der Waals surface area contributed by atoms with E-state index >= 15 is 0 Å². The fourth-order valence-corrected chi connectivity index (χ4v) is 1.51. The Morgan fingerprint density at radius 1 is 1.45 bits per heavy atom. The molecule has 1 aliphatic heterocycles. The molecule has 0 aliphatic carbocycles. The topological polar surface area (TPSA) is 29.5 Å². The van der Waals surface area contributed by atoms with Crippen molar-refractivity contribution in [1.29, 1.82) is 0 Å². The summed E-state index contributed by atoms with van der Waals surface area (Å²) in [5.74, 6) is 0.804. The van der Waals surface area contributed by atoms with Crippen LogP contribution in [0, 0.1) is 5.92 Å². The van der Waals surface area contributed by atoms with E-state index in [0.29, 0.717) is 0 Å². The Balaban J connectivity index is 2.05. The predicted octanol–water partition coefficient (Wildman–Crippen LogP) is 1.57. The normalized spacial score (nSPS) is 23.5. The SMILES string of the molecule is C[C@H](O)CCC1CCOCC1. The summed E-state index contributed by atoms with van der Waals surface area (Å²) < 4.78 is 5.24. The zero-order chi connectivity index (χ0) is 8.10. The van der Waals surface area contributed by atoms with Crippen molar-refractivity contribution >= 4 is 0 Å². The van der Waals surface area contributed by atoms with Crippen molar-refractivity contribution in [3.63, 3.8) is 0 Å². The first kappa shape index (κ1) is 9.01. The molecular formula is C9H18O2. The van der Waals surface area contributed by atoms with Gasteiger partial charge in [-0.1, -0.05) is 0 Å². The van der Waals surface area contributed by atoms with E-state index in [4.69, 9.17) is 9.84 Å². The van der Waals surface area contributed by atoms with E-state index in [2.05, 4.69) is 0 Å². The summed E-state index contributed by atoms with van der Waals surface area (Å²) in [6, 6.07) is 0. The third-order valence-electron chi connectivity index (χ3n) is 2.33. The summed E-state index contributed by atoms with van der Waals surface area (Å²) in [4.78, 5) is 0. The molecule has 0 saturated carbocycles. The van der Waals surface area contributed by atoms with Gasteiger partial charge in [0.2, 0.25) is 0 Å². The monoisotopic (exact) mass is 158 g/mol. The number of aliphatic hydroxyl groups is 1. The molecule has 0 spiro atoms. The smallest absolute Gasteiger partial charge is 0.0512 e. The van der Waals surface area contributed by atoms with Crippen LogP contribution in [0.15, 0.2) is 0 Å². The van der Waals surface area contributed by atoms with Gasteiger partial charge >= 0.3 is 0 Å². The number of rotatable bonds is 3. The molecule has 2 nitrogen and oxygen atoms in total. The summed E-state index contributed by atoms with van der Waals surface area (Å²) in [6.07, 6.45) is 4.36. The van der Waals surface area contributed by atoms with Crippen molar-refractivity contribution in [2.45, 2.75) is 38.7 Å². The van der Waals surface area contributed by atoms with Gasteiger partial charge in [0.15, 0.2) is 0 Å². The summed E-state index contributed by atoms with van der Waals surface area (Å²) in [5.41, 5.74) is 0. The Labute approximate surface area is 68.6 Å². The number of hydrogen-bond donors (Lipinski definition) is 1. The lowest BCUT2D eigenvalue weighted by atomic mass is 9.94. The Bertz CT molecular complexity index is 95.7. The molecule has 0 radical (unpaired) electrons. The Kier molecular flexibility index (Phi) is 3.87. The largest absolute Gasteiger partial charge is 0.393 e. The van der Waals surface area contributed by atoms with Crippen molar-refractivity contribution in [3.8, 4) is 0 Å². The molecule has 0 unspecified atom stereocenters. The highest BCUT2D eigenvalue weighted by molar-refractivity contribution is 4.64. The average molecular weight is 158 g/mol. The lowest BCUT2D eigenvalue weighted by molar-refractivity contribution is 0.0581. The van der Waals surface area contributed by atoms with Gasteiger partial charge in [0.25, 0.3) is 0 Å². The predicted molar refractivity (Wildman–Crippen MR) is 44.5 cm³/mol. The minimum absolute atomic E-state index is 0.127. The van der Waals surface area contributed by atoms with Crippen LogP contribution in [0.25, 0.3) is 0 Å². The zero-order valence-electron chi connectivity index (χ0n) is 7.25. The molecule has 0 aromatic heterocycles. The van der Waals surface area contributed by atoms with Crippen LogP contribution in [0.4, 0.5) is 0 Å². The molecule has 0 bridgehead atoms. The molecule has 1 rings (SSSR count). The molecule has 0 aromatic carbocycles. The van der Waals surface area contributed by atoms with Crippen LogP contribution in [0.1, 0.15) is 32.6 Å². The van der Waals surface area contributed by atoms with Crippen molar-refractivity contribution in [2.24, 2.45) is 5.92 Å². The van der Waals surface area contributed by atoms with Crippen LogP contribution in [0.2, 0.25) is 0 Å². The molecular weight excluding hydrogens is 140 g/mol. The molecule has 1 fully saturated rings. The highest BCUT2D eigenvalue weighted by Crippen LogP contribution is 2.20. The molecule has 0 aromatic rings. The van der Waals surface area contributed by atoms with Crippen LogP contribution >= 0.6 is 0 Å². The van der Waals surface area contributed by atoms with Crippen molar-refractivity contribution in [2.75, 3.05) is 13.2 Å². The molecule has 1 saturated heterocycles. The van der Waals surface area contributed by atoms with Crippen LogP contribution < -0.4 is 0 Å². The maximum atomic E-state index is 9.05. The van der Waals surface area contributed by atoms with Crippen molar-refractivity contribution in [3.05, 3.63) is 0 Å². The van der Waals surface area contributed by atoms with Crippen LogP contribution in [-0.2, 0) is 4.74 Å². The second-order valence-corrected chi connectivity index (χ2v) is 3.48. The standard InChI is InChI=1S/C9H18O2/c1-8(10)2-3-9-4-6-11-7-5-9/h8-10H,2-7H2,1H3/t8-/m0/s1. The van der Waals surface area contributed by atoms with Gasteiger partial charge in [0.05, 0.1) is 6.10 Å². The van der Waals surface area contributed by atoms with Crippen molar-refractivity contribution in [1.82, 2.24) is 0 Å². The summed E-state index contributed by atoms with van der Waals surface area (Å²) >= 11 is 0. The van der Waals surface area contributed by atoms with Gasteiger partial charge in [0, 0.05) is 13.2 Å². The quantitative estimate of drug-likeness (QED) is 0.675. The summed E-state index contributed by atoms with van der Waals surface area (Å²) in [5, 5.41) is 9.05. The van der Waals surface area contributed by atoms with E-state index in [-0.39, 0.29) is 6.10 Å². The molecule has 1 atom stereocenters. The van der Waals surface area contributed by atoms with E-state index in [0.717, 1.165) is 25.6 Å². The second-order valence-electron chi connectivity index (χ2n) is 3.48. The fraction of sp³-hybridized carbons (Fsp3) is 1.00. The zero-order valence-corrected chi connectivity index (χ0v) is 7.25. The van der Waals surface area contributed by atoms with Gasteiger partial charge < -0.3 is 9.84 Å². The van der Waals surface area contributed by atoms with Gasteiger partial charge in [-0.3, -0.25) is 0 Å². The average Bonchev–Trinajstić information content (AvgIpc) is 2.03. The van der Waals surface area contributed by atoms with Crippen LogP contribution in [0.3, 0.4) is 0 Å². The first-order chi connectivity index (χ1) is 5.29. The molecule has 1 N–H and O–H groups in total. The molecule has 11 heavy (non-hydrogen) atoms. The van der Waals surface area contributed by atoms with E-state index in [1.54, 1.807) is 0 Å². The van der Waals surface area contributed by atoms with Gasteiger partial charge in [-0.15, -0.1) is 0 Å². The van der Waals surface area contributed by atoms with Crippen molar-refractivity contribution < 1.29 is 9.84 Å². The Morgan fingerprint density at radius 2 is 2.09 bits per heavy atom. The molecule has 0 amide bonds. The van der Waals surface area contributed by atoms with E-state index in [9.17, 15) is 0 Å². The lowest BCUT2D eigenvalue weighted by Gasteiger charge is -2.22. The third kappa shape index (κ3) is 3.73. The van der Waals surface area contributed by atoms with E-state index < -0.39 is 0 Å². The van der Waals surface area contributed by atoms with Crippen LogP contribution in [0.5, 0.6) is 0 Å². The van der Waals surface area contributed by atoms with Gasteiger partial charge in [0.1, 0.15) is 0 Å². The third-order valence-corrected chi connectivity index (χ3v) is 2.33. The number of ether oxygens (including phenoxy) is 1. The first-order valence-corrected chi connectivity index (χ1v) is 4.55. The van der Waals surface area contributed by atoms with Gasteiger partial charge in [-0.2, -0.15) is 0 Å². The lowest BCUT2D eigenvalue weighted by Crippen LogP contribution is -2.16. The minimum Gasteiger partial charge on any atom is -0.393 e. The maximum Gasteiger partial charge on any atom is 0.0512 e. The number of aliphatic hydroxyl groups excluding tert-OH is 1. The minimum atomic E-state index is -0.127. The van der Waals surface area contributed by atoms with E-state index in [1.807, 2.05) is 6.92 Å². The maximum absolute atomic E-state index is 9.05. The summed E-state index contributed by atoms with van der Waals surface area (Å²) in [7, 11) is 0. The van der Waals surface area contributed by atoms with Gasteiger partial charge in [-0.25, -0.2) is 0 Å². The Hall–Kier alpha value is -0.0800. The summed E-state index contributed by atoms with van der Waals surface area (Å²) in [6.45, 7) is 3.70. The molecule has 66 valence electrons. The second kappa shape index (κ2) is 4.73. The Morgan fingerprint density at radius 3 is 2.64 bits per heavy atom. The fourth-order valence-electron chi connectivity index (χ4n) is 1.51. The highest BCUT2D eigenvalue weighted by Gasteiger charge is 2.13. The number of hydrogen-bond acceptors (Lipinski definition) is 2. The first-order valence-electron chi connectivity index (χ1n) is 4.55. The molecule has 1 heterocycles. The highest BCUT2D eigenvalue weighted by atomic mass is 16.5. The van der Waals surface area contributed by atoms with E-state index in [1.165, 1.54) is 19.3 Å². The van der Waals surface area contributed by atoms with Gasteiger partial charge in [-0.05, 0) is 38.5 Å². The van der Waals surface area contributed by atoms with Crippen LogP contribution in [-0.4, -0.2) is 24.4 Å². The molecule has 1 aliphatic rings.